The molecule has 0 saturated heterocycles. The fraction of sp³-hybridized carbons (Fsp3) is 0.250. The maximum Gasteiger partial charge on any atom is 0.415 e. The van der Waals surface area contributed by atoms with Gasteiger partial charge >= 0.3 is 6.08 Å². The van der Waals surface area contributed by atoms with Crippen LogP contribution in [0.25, 0.3) is 11.5 Å². The van der Waals surface area contributed by atoms with Crippen LogP contribution in [0, 0.1) is 0 Å². The third-order valence-electron chi connectivity index (χ3n) is 3.89. The van der Waals surface area contributed by atoms with E-state index >= 15 is 0 Å². The number of hydrogen-bond acceptors (Lipinski definition) is 5. The highest BCUT2D eigenvalue weighted by molar-refractivity contribution is 5.78. The van der Waals surface area contributed by atoms with Crippen molar-refractivity contribution in [2.75, 3.05) is 6.61 Å². The van der Waals surface area contributed by atoms with Gasteiger partial charge in [0, 0.05) is 18.2 Å². The maximum atomic E-state index is 12.6. The first-order valence-electron chi connectivity index (χ1n) is 8.48. The second kappa shape index (κ2) is 8.29. The molecule has 0 atom stereocenters. The van der Waals surface area contributed by atoms with Crippen LogP contribution in [0.3, 0.4) is 0 Å². The lowest BCUT2D eigenvalue weighted by atomic mass is 10.2. The largest absolute Gasteiger partial charge is 0.439 e. The van der Waals surface area contributed by atoms with Gasteiger partial charge in [0.2, 0.25) is 0 Å². The lowest BCUT2D eigenvalue weighted by Crippen LogP contribution is -2.39. The van der Waals surface area contributed by atoms with Gasteiger partial charge in [-0.1, -0.05) is 53.6 Å². The van der Waals surface area contributed by atoms with Crippen LogP contribution in [0.5, 0.6) is 6.08 Å². The van der Waals surface area contributed by atoms with Crippen molar-refractivity contribution in [2.45, 2.75) is 26.4 Å². The second-order valence-electron chi connectivity index (χ2n) is 6.13. The molecule has 0 aliphatic carbocycles. The van der Waals surface area contributed by atoms with Crippen LogP contribution in [-0.4, -0.2) is 33.7 Å². The number of rotatable bonds is 7. The molecule has 0 radical (unpaired) electrons. The molecule has 0 aliphatic rings. The maximum absolute atomic E-state index is 12.6. The molecule has 0 fully saturated rings. The zero-order valence-corrected chi connectivity index (χ0v) is 14.8. The molecule has 0 aliphatic heterocycles. The van der Waals surface area contributed by atoms with Gasteiger partial charge in [0.25, 0.3) is 11.8 Å². The summed E-state index contributed by atoms with van der Waals surface area (Å²) in [5, 5.41) is 7.79. The summed E-state index contributed by atoms with van der Waals surface area (Å²) in [4.78, 5) is 14.3. The van der Waals surface area contributed by atoms with Gasteiger partial charge in [-0.05, 0) is 31.5 Å². The SMILES string of the molecule is CC(C)N(Cc1ccccc1)C(=O)COc1nnc(-c2ccccc2)o1. The molecule has 0 bridgehead atoms. The summed E-state index contributed by atoms with van der Waals surface area (Å²) < 4.78 is 10.9. The van der Waals surface area contributed by atoms with Gasteiger partial charge in [0.15, 0.2) is 6.61 Å². The zero-order valence-electron chi connectivity index (χ0n) is 14.8. The molecule has 1 aromatic heterocycles. The molecule has 1 amide bonds. The average Bonchev–Trinajstić information content (AvgIpc) is 3.14. The van der Waals surface area contributed by atoms with Crippen LogP contribution in [0.1, 0.15) is 19.4 Å². The van der Waals surface area contributed by atoms with E-state index in [-0.39, 0.29) is 24.6 Å². The van der Waals surface area contributed by atoms with Crippen molar-refractivity contribution in [2.24, 2.45) is 0 Å². The van der Waals surface area contributed by atoms with Crippen LogP contribution in [0.15, 0.2) is 65.1 Å². The fourth-order valence-electron chi connectivity index (χ4n) is 2.51. The predicted octanol–water partition coefficient (Wildman–Crippen LogP) is 3.55. The first-order chi connectivity index (χ1) is 12.6. The van der Waals surface area contributed by atoms with Crippen molar-refractivity contribution in [3.63, 3.8) is 0 Å². The Balaban J connectivity index is 1.61. The van der Waals surface area contributed by atoms with Crippen molar-refractivity contribution >= 4 is 5.91 Å². The third kappa shape index (κ3) is 4.47. The van der Waals surface area contributed by atoms with Crippen molar-refractivity contribution in [1.82, 2.24) is 15.1 Å². The zero-order chi connectivity index (χ0) is 18.4. The molecular weight excluding hydrogens is 330 g/mol. The van der Waals surface area contributed by atoms with E-state index in [0.717, 1.165) is 11.1 Å². The Bertz CT molecular complexity index is 832. The fourth-order valence-corrected chi connectivity index (χ4v) is 2.51. The standard InChI is InChI=1S/C20H21N3O3/c1-15(2)23(13-16-9-5-3-6-10-16)18(24)14-25-20-22-21-19(26-20)17-11-7-4-8-12-17/h3-12,15H,13-14H2,1-2H3. The molecular formula is C20H21N3O3. The van der Waals surface area contributed by atoms with Gasteiger partial charge in [-0.2, -0.15) is 0 Å². The minimum absolute atomic E-state index is 0.0133. The molecule has 3 rings (SSSR count). The molecule has 0 spiro atoms. The number of ether oxygens (including phenoxy) is 1. The number of carbonyl (C=O) groups excluding carboxylic acids is 1. The molecule has 0 saturated carbocycles. The monoisotopic (exact) mass is 351 g/mol. The Morgan fingerprint density at radius 2 is 1.69 bits per heavy atom. The van der Waals surface area contributed by atoms with Crippen molar-refractivity contribution in [3.05, 3.63) is 66.2 Å². The third-order valence-corrected chi connectivity index (χ3v) is 3.89. The number of benzene rings is 2. The Morgan fingerprint density at radius 1 is 1.04 bits per heavy atom. The second-order valence-corrected chi connectivity index (χ2v) is 6.13. The van der Waals surface area contributed by atoms with E-state index in [1.165, 1.54) is 0 Å². The van der Waals surface area contributed by atoms with E-state index in [4.69, 9.17) is 9.15 Å². The highest BCUT2D eigenvalue weighted by atomic mass is 16.6. The van der Waals surface area contributed by atoms with Gasteiger partial charge in [0.1, 0.15) is 0 Å². The Kier molecular flexibility index (Phi) is 5.63. The summed E-state index contributed by atoms with van der Waals surface area (Å²) in [6.45, 7) is 4.32. The Hall–Kier alpha value is -3.15. The highest BCUT2D eigenvalue weighted by Gasteiger charge is 2.19. The first-order valence-corrected chi connectivity index (χ1v) is 8.48. The average molecular weight is 351 g/mol. The molecule has 6 nitrogen and oxygen atoms in total. The van der Waals surface area contributed by atoms with E-state index in [2.05, 4.69) is 10.2 Å². The number of amides is 1. The molecule has 26 heavy (non-hydrogen) atoms. The van der Waals surface area contributed by atoms with E-state index in [0.29, 0.717) is 12.4 Å². The molecule has 0 unspecified atom stereocenters. The van der Waals surface area contributed by atoms with E-state index < -0.39 is 0 Å². The Morgan fingerprint density at radius 3 is 2.35 bits per heavy atom. The normalized spacial score (nSPS) is 10.7. The molecule has 0 N–H and O–H groups in total. The van der Waals surface area contributed by atoms with Gasteiger partial charge in [-0.3, -0.25) is 4.79 Å². The summed E-state index contributed by atoms with van der Waals surface area (Å²) in [6, 6.07) is 19.3. The quantitative estimate of drug-likeness (QED) is 0.651. The summed E-state index contributed by atoms with van der Waals surface area (Å²) in [6.07, 6.45) is -0.0133. The lowest BCUT2D eigenvalue weighted by molar-refractivity contribution is -0.136. The van der Waals surface area contributed by atoms with E-state index in [9.17, 15) is 4.79 Å². The number of aromatic nitrogens is 2. The smallest absolute Gasteiger partial charge is 0.415 e. The molecule has 1 heterocycles. The molecule has 134 valence electrons. The lowest BCUT2D eigenvalue weighted by Gasteiger charge is -2.26. The number of carbonyl (C=O) groups is 1. The Labute approximate surface area is 152 Å². The topological polar surface area (TPSA) is 68.5 Å². The predicted molar refractivity (Wildman–Crippen MR) is 97.4 cm³/mol. The van der Waals surface area contributed by atoms with E-state index in [1.807, 2.05) is 74.5 Å². The molecule has 3 aromatic rings. The van der Waals surface area contributed by atoms with Crippen LogP contribution < -0.4 is 4.74 Å². The van der Waals surface area contributed by atoms with Crippen molar-refractivity contribution < 1.29 is 13.9 Å². The summed E-state index contributed by atoms with van der Waals surface area (Å²) in [7, 11) is 0. The van der Waals surface area contributed by atoms with Gasteiger partial charge < -0.3 is 14.1 Å². The van der Waals surface area contributed by atoms with Gasteiger partial charge in [-0.25, -0.2) is 0 Å². The van der Waals surface area contributed by atoms with Crippen molar-refractivity contribution in [3.8, 4) is 17.5 Å². The van der Waals surface area contributed by atoms with E-state index in [1.54, 1.807) is 4.90 Å². The number of nitrogens with zero attached hydrogens (tertiary/aromatic N) is 3. The highest BCUT2D eigenvalue weighted by Crippen LogP contribution is 2.20. The summed E-state index contributed by atoms with van der Waals surface area (Å²) >= 11 is 0. The van der Waals surface area contributed by atoms with Crippen LogP contribution >= 0.6 is 0 Å². The first kappa shape index (κ1) is 17.7. The molecule has 2 aromatic carbocycles. The minimum Gasteiger partial charge on any atom is -0.439 e. The van der Waals surface area contributed by atoms with Gasteiger partial charge in [-0.15, -0.1) is 5.10 Å². The van der Waals surface area contributed by atoms with Crippen LogP contribution in [0.4, 0.5) is 0 Å². The van der Waals surface area contributed by atoms with Crippen LogP contribution in [-0.2, 0) is 11.3 Å². The van der Waals surface area contributed by atoms with Crippen LogP contribution in [0.2, 0.25) is 0 Å². The summed E-state index contributed by atoms with van der Waals surface area (Å²) in [5.74, 6) is 0.223. The minimum atomic E-state index is -0.151. The van der Waals surface area contributed by atoms with Gasteiger partial charge in [0.05, 0.1) is 0 Å². The summed E-state index contributed by atoms with van der Waals surface area (Å²) in [5.41, 5.74) is 1.87. The molecule has 6 heteroatoms. The number of hydrogen-bond donors (Lipinski definition) is 0. The van der Waals surface area contributed by atoms with Crippen molar-refractivity contribution in [1.29, 1.82) is 0 Å².